The minimum Gasteiger partial charge on any atom is -0.495 e. The number of rotatable bonds is 4. The van der Waals surface area contributed by atoms with Gasteiger partial charge in [-0.15, -0.1) is 0 Å². The van der Waals surface area contributed by atoms with E-state index in [4.69, 9.17) is 22.1 Å². The van der Waals surface area contributed by atoms with Gasteiger partial charge in [0.25, 0.3) is 0 Å². The lowest BCUT2D eigenvalue weighted by molar-refractivity contribution is 0.372. The zero-order valence-electron chi connectivity index (χ0n) is 12.0. The van der Waals surface area contributed by atoms with Gasteiger partial charge in [0.1, 0.15) is 5.75 Å². The molecule has 2 rings (SSSR count). The highest BCUT2D eigenvalue weighted by atomic mass is 79.9. The van der Waals surface area contributed by atoms with Crippen molar-refractivity contribution in [1.29, 1.82) is 0 Å². The minimum absolute atomic E-state index is 0.0111. The highest BCUT2D eigenvalue weighted by Crippen LogP contribution is 2.38. The van der Waals surface area contributed by atoms with Gasteiger partial charge in [0.15, 0.2) is 0 Å². The van der Waals surface area contributed by atoms with Gasteiger partial charge in [-0.25, -0.2) is 0 Å². The molecule has 0 heterocycles. The molecule has 1 aliphatic carbocycles. The average molecular weight is 361 g/mol. The van der Waals surface area contributed by atoms with Crippen LogP contribution >= 0.6 is 27.5 Å². The van der Waals surface area contributed by atoms with Gasteiger partial charge in [0.05, 0.1) is 11.6 Å². The summed E-state index contributed by atoms with van der Waals surface area (Å²) < 4.78 is 6.35. The number of methoxy groups -OCH3 is 1. The Kier molecular flexibility index (Phi) is 6.19. The van der Waals surface area contributed by atoms with Gasteiger partial charge in [-0.2, -0.15) is 0 Å². The van der Waals surface area contributed by atoms with E-state index in [0.717, 1.165) is 28.1 Å². The second-order valence-corrected chi connectivity index (χ2v) is 7.00. The summed E-state index contributed by atoms with van der Waals surface area (Å²) in [4.78, 5) is 0. The first-order chi connectivity index (χ1) is 9.61. The Hall–Kier alpha value is -0.250. The molecule has 0 bridgehead atoms. The van der Waals surface area contributed by atoms with Gasteiger partial charge in [-0.05, 0) is 40.4 Å². The standard InChI is InChI=1S/C16H23BrClNO/c1-20-16-13(9-12(18)10-14(16)17)15(19)8-11-6-4-2-3-5-7-11/h9-11,15H,2-8,19H2,1H3. The number of ether oxygens (including phenoxy) is 1. The SMILES string of the molecule is COc1c(Br)cc(Cl)cc1C(N)CC1CCCCCC1. The molecule has 1 fully saturated rings. The lowest BCUT2D eigenvalue weighted by Crippen LogP contribution is -2.16. The van der Waals surface area contributed by atoms with Crippen molar-refractivity contribution in [3.63, 3.8) is 0 Å². The van der Waals surface area contributed by atoms with Crippen LogP contribution in [0.25, 0.3) is 0 Å². The zero-order chi connectivity index (χ0) is 14.5. The minimum atomic E-state index is -0.0111. The number of hydrogen-bond donors (Lipinski definition) is 1. The number of hydrogen-bond acceptors (Lipinski definition) is 2. The van der Waals surface area contributed by atoms with Crippen molar-refractivity contribution in [2.45, 2.75) is 51.0 Å². The normalized spacial score (nSPS) is 18.6. The fourth-order valence-electron chi connectivity index (χ4n) is 3.16. The molecule has 1 saturated carbocycles. The van der Waals surface area contributed by atoms with Crippen LogP contribution in [0.3, 0.4) is 0 Å². The van der Waals surface area contributed by atoms with Gasteiger partial charge in [-0.3, -0.25) is 0 Å². The van der Waals surface area contributed by atoms with Crippen LogP contribution in [0.2, 0.25) is 5.02 Å². The molecule has 0 aromatic heterocycles. The van der Waals surface area contributed by atoms with Crippen LogP contribution < -0.4 is 10.5 Å². The van der Waals surface area contributed by atoms with Crippen LogP contribution in [-0.4, -0.2) is 7.11 Å². The highest BCUT2D eigenvalue weighted by Gasteiger charge is 2.21. The van der Waals surface area contributed by atoms with Crippen LogP contribution in [0.15, 0.2) is 16.6 Å². The molecule has 1 unspecified atom stereocenters. The first kappa shape index (κ1) is 16.1. The van der Waals surface area contributed by atoms with Crippen molar-refractivity contribution < 1.29 is 4.74 Å². The van der Waals surface area contributed by atoms with E-state index in [1.807, 2.05) is 12.1 Å². The molecule has 0 saturated heterocycles. The Morgan fingerprint density at radius 1 is 1.30 bits per heavy atom. The van der Waals surface area contributed by atoms with Crippen LogP contribution in [-0.2, 0) is 0 Å². The third-order valence-electron chi connectivity index (χ3n) is 4.20. The molecule has 1 atom stereocenters. The Balaban J connectivity index is 2.13. The highest BCUT2D eigenvalue weighted by molar-refractivity contribution is 9.10. The molecular formula is C16H23BrClNO. The summed E-state index contributed by atoms with van der Waals surface area (Å²) >= 11 is 9.65. The summed E-state index contributed by atoms with van der Waals surface area (Å²) in [6.07, 6.45) is 9.05. The fraction of sp³-hybridized carbons (Fsp3) is 0.625. The summed E-state index contributed by atoms with van der Waals surface area (Å²) in [5.41, 5.74) is 7.44. The molecule has 4 heteroatoms. The van der Waals surface area contributed by atoms with Gasteiger partial charge >= 0.3 is 0 Å². The Morgan fingerprint density at radius 2 is 1.95 bits per heavy atom. The molecule has 0 amide bonds. The van der Waals surface area contributed by atoms with Crippen molar-refractivity contribution >= 4 is 27.5 Å². The second-order valence-electron chi connectivity index (χ2n) is 5.71. The van der Waals surface area contributed by atoms with Gasteiger partial charge in [0, 0.05) is 16.6 Å². The molecule has 0 aliphatic heterocycles. The third kappa shape index (κ3) is 4.12. The molecule has 1 aromatic carbocycles. The smallest absolute Gasteiger partial charge is 0.137 e. The lowest BCUT2D eigenvalue weighted by atomic mass is 9.89. The summed E-state index contributed by atoms with van der Waals surface area (Å²) in [6, 6.07) is 3.78. The topological polar surface area (TPSA) is 35.2 Å². The van der Waals surface area contributed by atoms with E-state index in [1.54, 1.807) is 7.11 Å². The third-order valence-corrected chi connectivity index (χ3v) is 5.01. The van der Waals surface area contributed by atoms with Crippen molar-refractivity contribution in [2.75, 3.05) is 7.11 Å². The molecule has 2 nitrogen and oxygen atoms in total. The Morgan fingerprint density at radius 3 is 2.55 bits per heavy atom. The lowest BCUT2D eigenvalue weighted by Gasteiger charge is -2.22. The molecule has 0 radical (unpaired) electrons. The summed E-state index contributed by atoms with van der Waals surface area (Å²) in [5.74, 6) is 1.55. The Bertz CT molecular complexity index is 444. The maximum Gasteiger partial charge on any atom is 0.137 e. The van der Waals surface area contributed by atoms with Crippen LogP contribution in [0.5, 0.6) is 5.75 Å². The molecule has 112 valence electrons. The largest absolute Gasteiger partial charge is 0.495 e. The van der Waals surface area contributed by atoms with E-state index in [0.29, 0.717) is 5.02 Å². The maximum atomic E-state index is 6.43. The van der Waals surface area contributed by atoms with E-state index in [1.165, 1.54) is 38.5 Å². The van der Waals surface area contributed by atoms with Crippen LogP contribution in [0, 0.1) is 5.92 Å². The van der Waals surface area contributed by atoms with E-state index < -0.39 is 0 Å². The summed E-state index contributed by atoms with van der Waals surface area (Å²) in [6.45, 7) is 0. The van der Waals surface area contributed by atoms with Crippen molar-refractivity contribution in [1.82, 2.24) is 0 Å². The van der Waals surface area contributed by atoms with Crippen LogP contribution in [0.1, 0.15) is 56.6 Å². The molecule has 1 aliphatic rings. The van der Waals surface area contributed by atoms with E-state index in [-0.39, 0.29) is 6.04 Å². The number of halogens is 2. The van der Waals surface area contributed by atoms with E-state index in [2.05, 4.69) is 15.9 Å². The monoisotopic (exact) mass is 359 g/mol. The first-order valence-corrected chi connectivity index (χ1v) is 8.57. The number of benzene rings is 1. The van der Waals surface area contributed by atoms with E-state index >= 15 is 0 Å². The molecule has 0 spiro atoms. The quantitative estimate of drug-likeness (QED) is 0.722. The van der Waals surface area contributed by atoms with Crippen molar-refractivity contribution in [3.05, 3.63) is 27.2 Å². The molecule has 2 N–H and O–H groups in total. The van der Waals surface area contributed by atoms with Crippen molar-refractivity contribution in [3.8, 4) is 5.75 Å². The maximum absolute atomic E-state index is 6.43. The fourth-order valence-corrected chi connectivity index (χ4v) is 4.15. The number of nitrogens with two attached hydrogens (primary N) is 1. The van der Waals surface area contributed by atoms with Gasteiger partial charge in [0.2, 0.25) is 0 Å². The molecule has 1 aromatic rings. The summed E-state index contributed by atoms with van der Waals surface area (Å²) in [7, 11) is 1.68. The van der Waals surface area contributed by atoms with E-state index in [9.17, 15) is 0 Å². The predicted molar refractivity (Wildman–Crippen MR) is 88.4 cm³/mol. The van der Waals surface area contributed by atoms with Crippen LogP contribution in [0.4, 0.5) is 0 Å². The average Bonchev–Trinajstić information content (AvgIpc) is 2.66. The second kappa shape index (κ2) is 7.67. The molecular weight excluding hydrogens is 338 g/mol. The van der Waals surface area contributed by atoms with Gasteiger partial charge in [-0.1, -0.05) is 50.1 Å². The zero-order valence-corrected chi connectivity index (χ0v) is 14.3. The first-order valence-electron chi connectivity index (χ1n) is 7.40. The molecule has 20 heavy (non-hydrogen) atoms. The predicted octanol–water partition coefficient (Wildman–Crippen LogP) is 5.47. The Labute approximate surface area is 135 Å². The van der Waals surface area contributed by atoms with Gasteiger partial charge < -0.3 is 10.5 Å². The van der Waals surface area contributed by atoms with Crippen molar-refractivity contribution in [2.24, 2.45) is 11.7 Å². The summed E-state index contributed by atoms with van der Waals surface area (Å²) in [5, 5.41) is 0.698.